The van der Waals surface area contributed by atoms with Crippen molar-refractivity contribution in [3.8, 4) is 0 Å². The van der Waals surface area contributed by atoms with Crippen molar-refractivity contribution in [2.75, 3.05) is 19.6 Å². The molecule has 0 aliphatic carbocycles. The molecule has 1 aromatic carbocycles. The first-order chi connectivity index (χ1) is 12.2. The molecule has 2 rings (SSSR count). The number of nitro groups is 1. The molecule has 2 unspecified atom stereocenters. The Morgan fingerprint density at radius 1 is 1.41 bits per heavy atom. The number of carbonyl (C=O) groups is 1. The number of nitrogens with zero attached hydrogens (tertiary/aromatic N) is 2. The van der Waals surface area contributed by atoms with Gasteiger partial charge in [0.15, 0.2) is 0 Å². The minimum atomic E-state index is -3.82. The van der Waals surface area contributed by atoms with E-state index in [1.807, 2.05) is 6.92 Å². The summed E-state index contributed by atoms with van der Waals surface area (Å²) in [4.78, 5) is 24.0. The van der Waals surface area contributed by atoms with Crippen molar-refractivity contribution >= 4 is 34.0 Å². The first-order valence-electron chi connectivity index (χ1n) is 8.48. The monoisotopic (exact) mass is 420 g/mol. The minimum absolute atomic E-state index is 0. The number of hydrogen-bond donors (Lipinski definition) is 2. The second kappa shape index (κ2) is 9.98. The zero-order chi connectivity index (χ0) is 19.3. The van der Waals surface area contributed by atoms with Crippen molar-refractivity contribution in [1.29, 1.82) is 0 Å². The molecule has 0 saturated carbocycles. The lowest BCUT2D eigenvalue weighted by Gasteiger charge is -2.34. The first kappa shape index (κ1) is 23.3. The molecule has 0 spiro atoms. The highest BCUT2D eigenvalue weighted by Crippen LogP contribution is 2.19. The van der Waals surface area contributed by atoms with Crippen LogP contribution >= 0.6 is 12.4 Å². The highest BCUT2D eigenvalue weighted by Gasteiger charge is 2.26. The third kappa shape index (κ3) is 6.42. The Balaban J connectivity index is 0.00000364. The fraction of sp³-hybridized carbons (Fsp3) is 0.562. The van der Waals surface area contributed by atoms with E-state index in [2.05, 4.69) is 4.72 Å². The number of non-ortho nitro benzene ring substituents is 1. The van der Waals surface area contributed by atoms with Gasteiger partial charge in [0.25, 0.3) is 5.69 Å². The van der Waals surface area contributed by atoms with Crippen molar-refractivity contribution in [1.82, 2.24) is 9.62 Å². The molecule has 9 nitrogen and oxygen atoms in total. The normalized spacial score (nSPS) is 18.4. The third-order valence-electron chi connectivity index (χ3n) is 4.54. The van der Waals surface area contributed by atoms with Crippen LogP contribution in [0.5, 0.6) is 0 Å². The number of sulfonamides is 1. The van der Waals surface area contributed by atoms with Crippen LogP contribution in [0.2, 0.25) is 0 Å². The molecule has 152 valence electrons. The van der Waals surface area contributed by atoms with Gasteiger partial charge in [-0.25, -0.2) is 13.1 Å². The van der Waals surface area contributed by atoms with Crippen LogP contribution in [0.25, 0.3) is 0 Å². The molecular formula is C16H25ClN4O5S. The van der Waals surface area contributed by atoms with E-state index in [1.54, 1.807) is 4.90 Å². The molecule has 0 aromatic heterocycles. The second-order valence-corrected chi connectivity index (χ2v) is 8.27. The summed E-state index contributed by atoms with van der Waals surface area (Å²) in [5.41, 5.74) is 5.72. The predicted octanol–water partition coefficient (Wildman–Crippen LogP) is 1.27. The predicted molar refractivity (Wildman–Crippen MR) is 103 cm³/mol. The van der Waals surface area contributed by atoms with Crippen LogP contribution < -0.4 is 10.5 Å². The fourth-order valence-electron chi connectivity index (χ4n) is 2.95. The van der Waals surface area contributed by atoms with Gasteiger partial charge in [0.2, 0.25) is 15.9 Å². The molecule has 0 radical (unpaired) electrons. The number of piperidine rings is 1. The number of amides is 1. The summed E-state index contributed by atoms with van der Waals surface area (Å²) in [6, 6.07) is 4.61. The summed E-state index contributed by atoms with van der Waals surface area (Å²) in [5, 5.41) is 10.6. The van der Waals surface area contributed by atoms with Crippen LogP contribution in [-0.4, -0.2) is 49.8 Å². The van der Waals surface area contributed by atoms with Crippen molar-refractivity contribution in [2.45, 2.75) is 37.1 Å². The Hall–Kier alpha value is -1.75. The highest BCUT2D eigenvalue weighted by atomic mass is 35.5. The summed E-state index contributed by atoms with van der Waals surface area (Å²) in [7, 11) is -3.82. The van der Waals surface area contributed by atoms with E-state index in [9.17, 15) is 23.3 Å². The number of nitrogens with two attached hydrogens (primary N) is 1. The fourth-order valence-corrected chi connectivity index (χ4v) is 3.98. The zero-order valence-corrected chi connectivity index (χ0v) is 16.7. The van der Waals surface area contributed by atoms with Crippen LogP contribution in [0.1, 0.15) is 26.2 Å². The number of nitrogens with one attached hydrogen (secondary N) is 1. The van der Waals surface area contributed by atoms with E-state index in [1.165, 1.54) is 12.1 Å². The molecule has 1 saturated heterocycles. The quantitative estimate of drug-likeness (QED) is 0.503. The van der Waals surface area contributed by atoms with Gasteiger partial charge in [-0.1, -0.05) is 0 Å². The highest BCUT2D eigenvalue weighted by molar-refractivity contribution is 7.89. The van der Waals surface area contributed by atoms with E-state index in [0.29, 0.717) is 13.1 Å². The summed E-state index contributed by atoms with van der Waals surface area (Å²) in [5.74, 6) is 0.159. The maximum Gasteiger partial charge on any atom is 0.269 e. The van der Waals surface area contributed by atoms with E-state index >= 15 is 0 Å². The van der Waals surface area contributed by atoms with Crippen LogP contribution in [0.4, 0.5) is 5.69 Å². The van der Waals surface area contributed by atoms with Gasteiger partial charge in [-0.2, -0.15) is 0 Å². The number of rotatable bonds is 7. The summed E-state index contributed by atoms with van der Waals surface area (Å²) in [6.45, 7) is 3.16. The molecule has 2 atom stereocenters. The number of hydrogen-bond acceptors (Lipinski definition) is 6. The van der Waals surface area contributed by atoms with Gasteiger partial charge in [-0.15, -0.1) is 12.4 Å². The van der Waals surface area contributed by atoms with E-state index < -0.39 is 14.9 Å². The minimum Gasteiger partial charge on any atom is -0.342 e. The molecule has 1 aliphatic rings. The maximum absolute atomic E-state index is 12.3. The van der Waals surface area contributed by atoms with E-state index in [-0.39, 0.29) is 53.8 Å². The van der Waals surface area contributed by atoms with Gasteiger partial charge in [-0.05, 0) is 37.8 Å². The van der Waals surface area contributed by atoms with Crippen LogP contribution in [-0.2, 0) is 14.8 Å². The van der Waals surface area contributed by atoms with Gasteiger partial charge in [-0.3, -0.25) is 14.9 Å². The second-order valence-electron chi connectivity index (χ2n) is 6.50. The molecule has 1 aliphatic heterocycles. The van der Waals surface area contributed by atoms with E-state index in [4.69, 9.17) is 5.73 Å². The van der Waals surface area contributed by atoms with E-state index in [0.717, 1.165) is 25.0 Å². The molecule has 11 heteroatoms. The molecule has 27 heavy (non-hydrogen) atoms. The zero-order valence-electron chi connectivity index (χ0n) is 15.0. The Labute approximate surface area is 164 Å². The number of likely N-dealkylation sites (tertiary alicyclic amines) is 1. The molecule has 1 fully saturated rings. The van der Waals surface area contributed by atoms with Crippen LogP contribution in [0.15, 0.2) is 29.2 Å². The first-order valence-corrected chi connectivity index (χ1v) is 9.96. The summed E-state index contributed by atoms with van der Waals surface area (Å²) >= 11 is 0. The van der Waals surface area contributed by atoms with Crippen molar-refractivity contribution in [2.24, 2.45) is 11.7 Å². The molecule has 1 amide bonds. The topological polar surface area (TPSA) is 136 Å². The number of benzene rings is 1. The maximum atomic E-state index is 12.3. The third-order valence-corrected chi connectivity index (χ3v) is 6.02. The number of halogens is 1. The average molecular weight is 421 g/mol. The van der Waals surface area contributed by atoms with Gasteiger partial charge in [0.05, 0.1) is 9.82 Å². The molecule has 3 N–H and O–H groups in total. The number of nitro benzene ring substituents is 1. The Morgan fingerprint density at radius 2 is 2.04 bits per heavy atom. The van der Waals surface area contributed by atoms with Gasteiger partial charge >= 0.3 is 0 Å². The Bertz CT molecular complexity index is 755. The summed E-state index contributed by atoms with van der Waals surface area (Å²) in [6.07, 6.45) is 1.94. The lowest BCUT2D eigenvalue weighted by molar-refractivity contribution is -0.384. The van der Waals surface area contributed by atoms with Gasteiger partial charge in [0.1, 0.15) is 0 Å². The molecule has 0 bridgehead atoms. The van der Waals surface area contributed by atoms with Crippen molar-refractivity contribution in [3.05, 3.63) is 34.4 Å². The smallest absolute Gasteiger partial charge is 0.269 e. The standard InChI is InChI=1S/C16H24N4O5S.ClH/c1-12(17)13-3-2-10-19(11-13)16(21)8-9-18-26(24,25)15-6-4-14(5-7-15)20(22)23;/h4-7,12-13,18H,2-3,8-11,17H2,1H3;1H. The Kier molecular flexibility index (Phi) is 8.60. The largest absolute Gasteiger partial charge is 0.342 e. The molecular weight excluding hydrogens is 396 g/mol. The lowest BCUT2D eigenvalue weighted by atomic mass is 9.92. The van der Waals surface area contributed by atoms with Crippen LogP contribution in [0, 0.1) is 16.0 Å². The lowest BCUT2D eigenvalue weighted by Crippen LogP contribution is -2.45. The van der Waals surface area contributed by atoms with Crippen molar-refractivity contribution in [3.63, 3.8) is 0 Å². The summed E-state index contributed by atoms with van der Waals surface area (Å²) < 4.78 is 26.7. The van der Waals surface area contributed by atoms with Crippen molar-refractivity contribution < 1.29 is 18.1 Å². The van der Waals surface area contributed by atoms with Gasteiger partial charge in [0, 0.05) is 44.2 Å². The average Bonchev–Trinajstić information content (AvgIpc) is 2.61. The SMILES string of the molecule is CC(N)C1CCCN(C(=O)CCNS(=O)(=O)c2ccc([N+](=O)[O-])cc2)C1.Cl. The molecule has 1 aromatic rings. The number of carbonyl (C=O) groups excluding carboxylic acids is 1. The molecule has 1 heterocycles. The Morgan fingerprint density at radius 3 is 2.59 bits per heavy atom. The van der Waals surface area contributed by atoms with Gasteiger partial charge < -0.3 is 10.6 Å². The van der Waals surface area contributed by atoms with Crippen LogP contribution in [0.3, 0.4) is 0 Å².